The molecule has 1 heterocycles. The van der Waals surface area contributed by atoms with Gasteiger partial charge in [-0.25, -0.2) is 4.79 Å². The predicted octanol–water partition coefficient (Wildman–Crippen LogP) is 3.19. The van der Waals surface area contributed by atoms with Crippen LogP contribution in [-0.2, 0) is 27.4 Å². The molecular weight excluding hydrogens is 426 g/mol. The lowest BCUT2D eigenvalue weighted by molar-refractivity contribution is -0.147. The summed E-state index contributed by atoms with van der Waals surface area (Å²) in [4.78, 5) is 37.4. The highest BCUT2D eigenvalue weighted by Crippen LogP contribution is 2.30. The van der Waals surface area contributed by atoms with Gasteiger partial charge in [0, 0.05) is 18.3 Å². The van der Waals surface area contributed by atoms with Gasteiger partial charge in [0.05, 0.1) is 24.2 Å². The number of aryl methyl sites for hydroxylation is 1. The van der Waals surface area contributed by atoms with Crippen LogP contribution in [0.5, 0.6) is 11.5 Å². The number of amides is 1. The van der Waals surface area contributed by atoms with Crippen molar-refractivity contribution in [2.45, 2.75) is 40.3 Å². The van der Waals surface area contributed by atoms with E-state index in [4.69, 9.17) is 14.2 Å². The monoisotopic (exact) mass is 455 g/mol. The molecule has 1 N–H and O–H groups in total. The Hall–Kier alpha value is -3.75. The van der Waals surface area contributed by atoms with Gasteiger partial charge in [-0.3, -0.25) is 18.7 Å². The van der Waals surface area contributed by atoms with Gasteiger partial charge in [-0.05, 0) is 44.5 Å². The smallest absolute Gasteiger partial charge is 0.329 e. The number of benzene rings is 2. The Balaban J connectivity index is 1.63. The Morgan fingerprint density at radius 3 is 2.24 bits per heavy atom. The number of nitrogens with one attached hydrogen (secondary N) is 1. The molecule has 33 heavy (non-hydrogen) atoms. The van der Waals surface area contributed by atoms with Crippen LogP contribution in [-0.4, -0.2) is 40.8 Å². The Labute approximate surface area is 191 Å². The fourth-order valence-electron chi connectivity index (χ4n) is 3.51. The maximum absolute atomic E-state index is 12.8. The van der Waals surface area contributed by atoms with E-state index in [0.29, 0.717) is 42.5 Å². The first kappa shape index (κ1) is 23.9. The fraction of sp³-hybridized carbons (Fsp3) is 0.375. The van der Waals surface area contributed by atoms with Crippen LogP contribution in [0.4, 0.5) is 5.69 Å². The van der Waals surface area contributed by atoms with Crippen molar-refractivity contribution < 1.29 is 23.8 Å². The zero-order valence-corrected chi connectivity index (χ0v) is 19.1. The minimum Gasteiger partial charge on any atom is -0.490 e. The largest absolute Gasteiger partial charge is 0.490 e. The molecule has 0 aliphatic carbocycles. The third-order valence-electron chi connectivity index (χ3n) is 4.85. The van der Waals surface area contributed by atoms with E-state index in [0.717, 1.165) is 11.9 Å². The van der Waals surface area contributed by atoms with Crippen molar-refractivity contribution in [3.05, 3.63) is 52.9 Å². The summed E-state index contributed by atoms with van der Waals surface area (Å²) in [6, 6.07) is 12.3. The Morgan fingerprint density at radius 1 is 0.909 bits per heavy atom. The SMILES string of the molecule is CCCn1c(=O)n(CC(=O)OCC(=O)Nc2ccc(OCC)c(OCC)c2)c2ccccc21. The molecule has 3 rings (SSSR count). The lowest BCUT2D eigenvalue weighted by atomic mass is 10.2. The number of rotatable bonds is 11. The van der Waals surface area contributed by atoms with E-state index in [1.54, 1.807) is 34.9 Å². The zero-order valence-electron chi connectivity index (χ0n) is 19.1. The van der Waals surface area contributed by atoms with Crippen LogP contribution in [0.1, 0.15) is 27.2 Å². The minimum atomic E-state index is -0.673. The van der Waals surface area contributed by atoms with Gasteiger partial charge in [0.25, 0.3) is 5.91 Å². The van der Waals surface area contributed by atoms with Crippen LogP contribution in [0, 0.1) is 0 Å². The summed E-state index contributed by atoms with van der Waals surface area (Å²) in [6.45, 7) is 6.44. The van der Waals surface area contributed by atoms with E-state index in [2.05, 4.69) is 5.32 Å². The van der Waals surface area contributed by atoms with Crippen LogP contribution in [0.3, 0.4) is 0 Å². The number of carbonyl (C=O) groups excluding carboxylic acids is 2. The van der Waals surface area contributed by atoms with E-state index in [1.807, 2.05) is 32.9 Å². The molecule has 176 valence electrons. The Bertz CT molecular complexity index is 1180. The Kier molecular flexibility index (Phi) is 8.12. The summed E-state index contributed by atoms with van der Waals surface area (Å²) in [7, 11) is 0. The topological polar surface area (TPSA) is 101 Å². The molecule has 0 unspecified atom stereocenters. The molecule has 0 fully saturated rings. The number of fused-ring (bicyclic) bond motifs is 1. The average Bonchev–Trinajstić information content (AvgIpc) is 3.06. The predicted molar refractivity (Wildman–Crippen MR) is 125 cm³/mol. The number of aromatic nitrogens is 2. The number of hydrogen-bond donors (Lipinski definition) is 1. The average molecular weight is 456 g/mol. The lowest BCUT2D eigenvalue weighted by Gasteiger charge is -2.13. The van der Waals surface area contributed by atoms with Gasteiger partial charge in [-0.2, -0.15) is 0 Å². The first-order valence-electron chi connectivity index (χ1n) is 11.0. The van der Waals surface area contributed by atoms with E-state index in [-0.39, 0.29) is 12.2 Å². The number of para-hydroxylation sites is 2. The fourth-order valence-corrected chi connectivity index (χ4v) is 3.51. The highest BCUT2D eigenvalue weighted by molar-refractivity contribution is 5.93. The van der Waals surface area contributed by atoms with E-state index >= 15 is 0 Å². The van der Waals surface area contributed by atoms with Gasteiger partial charge in [0.15, 0.2) is 18.1 Å². The van der Waals surface area contributed by atoms with Crippen molar-refractivity contribution in [2.24, 2.45) is 0 Å². The van der Waals surface area contributed by atoms with Crippen LogP contribution >= 0.6 is 0 Å². The lowest BCUT2D eigenvalue weighted by Crippen LogP contribution is -2.29. The summed E-state index contributed by atoms with van der Waals surface area (Å²) >= 11 is 0. The molecule has 9 heteroatoms. The molecule has 0 radical (unpaired) electrons. The first-order chi connectivity index (χ1) is 16.0. The third kappa shape index (κ3) is 5.74. The standard InChI is InChI=1S/C24H29N3O6/c1-4-13-26-18-9-7-8-10-19(18)27(24(26)30)15-23(29)33-16-22(28)25-17-11-12-20(31-5-2)21(14-17)32-6-3/h7-12,14H,4-6,13,15-16H2,1-3H3,(H,25,28). The molecule has 0 saturated heterocycles. The highest BCUT2D eigenvalue weighted by atomic mass is 16.5. The number of carbonyl (C=O) groups is 2. The van der Waals surface area contributed by atoms with Crippen LogP contribution in [0.25, 0.3) is 11.0 Å². The van der Waals surface area contributed by atoms with Crippen molar-refractivity contribution in [2.75, 3.05) is 25.1 Å². The highest BCUT2D eigenvalue weighted by Gasteiger charge is 2.17. The van der Waals surface area contributed by atoms with E-state index in [9.17, 15) is 14.4 Å². The molecule has 0 bridgehead atoms. The first-order valence-corrected chi connectivity index (χ1v) is 11.0. The van der Waals surface area contributed by atoms with Crippen molar-refractivity contribution >= 4 is 28.6 Å². The number of nitrogens with zero attached hydrogens (tertiary/aromatic N) is 2. The number of anilines is 1. The number of esters is 1. The van der Waals surface area contributed by atoms with E-state index < -0.39 is 18.5 Å². The molecule has 0 saturated carbocycles. The molecule has 1 amide bonds. The van der Waals surface area contributed by atoms with Gasteiger partial charge in [0.2, 0.25) is 0 Å². The third-order valence-corrected chi connectivity index (χ3v) is 4.85. The molecule has 0 aliphatic heterocycles. The second-order valence-corrected chi connectivity index (χ2v) is 7.25. The number of ether oxygens (including phenoxy) is 3. The zero-order chi connectivity index (χ0) is 23.8. The van der Waals surface area contributed by atoms with Gasteiger partial charge in [-0.15, -0.1) is 0 Å². The van der Waals surface area contributed by atoms with Crippen LogP contribution in [0.15, 0.2) is 47.3 Å². The molecule has 0 atom stereocenters. The summed E-state index contributed by atoms with van der Waals surface area (Å²) in [5, 5.41) is 2.67. The number of hydrogen-bond acceptors (Lipinski definition) is 6. The summed E-state index contributed by atoms with van der Waals surface area (Å²) in [6.07, 6.45) is 0.787. The minimum absolute atomic E-state index is 0.277. The quantitative estimate of drug-likeness (QED) is 0.446. The molecular formula is C24H29N3O6. The van der Waals surface area contributed by atoms with Crippen LogP contribution in [0.2, 0.25) is 0 Å². The summed E-state index contributed by atoms with van der Waals surface area (Å²) in [5.74, 6) is -0.0856. The molecule has 2 aromatic carbocycles. The maximum Gasteiger partial charge on any atom is 0.329 e. The Morgan fingerprint density at radius 2 is 1.58 bits per heavy atom. The van der Waals surface area contributed by atoms with Crippen molar-refractivity contribution in [3.63, 3.8) is 0 Å². The normalized spacial score (nSPS) is 10.8. The van der Waals surface area contributed by atoms with E-state index in [1.165, 1.54) is 4.57 Å². The van der Waals surface area contributed by atoms with Crippen molar-refractivity contribution in [1.82, 2.24) is 9.13 Å². The second kappa shape index (κ2) is 11.2. The van der Waals surface area contributed by atoms with Gasteiger partial charge in [0.1, 0.15) is 6.54 Å². The molecule has 0 spiro atoms. The summed E-state index contributed by atoms with van der Waals surface area (Å²) < 4.78 is 19.2. The van der Waals surface area contributed by atoms with Gasteiger partial charge >= 0.3 is 11.7 Å². The molecule has 0 aliphatic rings. The molecule has 1 aromatic heterocycles. The van der Waals surface area contributed by atoms with Gasteiger partial charge < -0.3 is 19.5 Å². The van der Waals surface area contributed by atoms with Crippen molar-refractivity contribution in [3.8, 4) is 11.5 Å². The number of imidazole rings is 1. The van der Waals surface area contributed by atoms with Crippen LogP contribution < -0.4 is 20.5 Å². The molecule has 9 nitrogen and oxygen atoms in total. The second-order valence-electron chi connectivity index (χ2n) is 7.25. The maximum atomic E-state index is 12.8. The summed E-state index contributed by atoms with van der Waals surface area (Å²) in [5.41, 5.74) is 1.62. The molecule has 3 aromatic rings. The van der Waals surface area contributed by atoms with Crippen molar-refractivity contribution in [1.29, 1.82) is 0 Å². The van der Waals surface area contributed by atoms with Gasteiger partial charge in [-0.1, -0.05) is 19.1 Å².